The third-order valence-corrected chi connectivity index (χ3v) is 4.28. The zero-order valence-electron chi connectivity index (χ0n) is 12.2. The van der Waals surface area contributed by atoms with Crippen molar-refractivity contribution in [2.24, 2.45) is 0 Å². The van der Waals surface area contributed by atoms with E-state index in [0.717, 1.165) is 18.4 Å². The molecule has 6 nitrogen and oxygen atoms in total. The quantitative estimate of drug-likeness (QED) is 0.915. The summed E-state index contributed by atoms with van der Waals surface area (Å²) in [6.07, 6.45) is 1.40. The lowest BCUT2D eigenvalue weighted by Gasteiger charge is -2.43. The van der Waals surface area contributed by atoms with Gasteiger partial charge in [0.05, 0.1) is 6.04 Å². The minimum atomic E-state index is -1.42. The lowest BCUT2D eigenvalue weighted by Crippen LogP contribution is -2.60. The summed E-state index contributed by atoms with van der Waals surface area (Å²) in [5.41, 5.74) is -0.534. The number of amides is 1. The number of benzene rings is 1. The number of hydrogen-bond donors (Lipinski definition) is 1. The molecule has 0 saturated carbocycles. The fourth-order valence-electron chi connectivity index (χ4n) is 3.19. The van der Waals surface area contributed by atoms with Crippen molar-refractivity contribution in [2.45, 2.75) is 31.0 Å². The van der Waals surface area contributed by atoms with E-state index in [1.165, 1.54) is 4.90 Å². The van der Waals surface area contributed by atoms with Gasteiger partial charge in [-0.05, 0) is 18.4 Å². The molecule has 1 aromatic carbocycles. The van der Waals surface area contributed by atoms with Crippen LogP contribution in [0.15, 0.2) is 30.3 Å². The molecular formula is C16H19NO5. The van der Waals surface area contributed by atoms with E-state index in [4.69, 9.17) is 9.47 Å². The van der Waals surface area contributed by atoms with E-state index in [1.54, 1.807) is 0 Å². The Labute approximate surface area is 128 Å². The zero-order valence-corrected chi connectivity index (χ0v) is 12.2. The molecule has 0 unspecified atom stereocenters. The first-order valence-electron chi connectivity index (χ1n) is 7.48. The Kier molecular flexibility index (Phi) is 4.13. The summed E-state index contributed by atoms with van der Waals surface area (Å²) in [7, 11) is 0. The topological polar surface area (TPSA) is 76.1 Å². The molecule has 6 heteroatoms. The molecule has 2 aliphatic heterocycles. The van der Waals surface area contributed by atoms with Gasteiger partial charge in [-0.2, -0.15) is 0 Å². The number of nitrogens with zero attached hydrogens (tertiary/aromatic N) is 1. The fourth-order valence-corrected chi connectivity index (χ4v) is 3.19. The third kappa shape index (κ3) is 2.38. The molecule has 1 N–H and O–H groups in total. The van der Waals surface area contributed by atoms with Crippen LogP contribution in [0.5, 0.6) is 0 Å². The van der Waals surface area contributed by atoms with Crippen molar-refractivity contribution in [3.8, 4) is 0 Å². The molecule has 2 atom stereocenters. The van der Waals surface area contributed by atoms with Gasteiger partial charge in [0.15, 0.2) is 0 Å². The predicted octanol–water partition coefficient (Wildman–Crippen LogP) is 1.64. The Morgan fingerprint density at radius 3 is 2.73 bits per heavy atom. The highest BCUT2D eigenvalue weighted by Crippen LogP contribution is 2.40. The molecule has 0 radical (unpaired) electrons. The van der Waals surface area contributed by atoms with Crippen LogP contribution in [-0.2, 0) is 14.3 Å². The summed E-state index contributed by atoms with van der Waals surface area (Å²) < 4.78 is 10.9. The molecule has 3 rings (SSSR count). The van der Waals surface area contributed by atoms with Gasteiger partial charge in [-0.3, -0.25) is 9.69 Å². The van der Waals surface area contributed by atoms with E-state index in [0.29, 0.717) is 13.0 Å². The van der Waals surface area contributed by atoms with E-state index in [-0.39, 0.29) is 12.6 Å². The van der Waals surface area contributed by atoms with Gasteiger partial charge in [0, 0.05) is 13.0 Å². The molecule has 0 spiro atoms. The second-order valence-corrected chi connectivity index (χ2v) is 5.54. The van der Waals surface area contributed by atoms with Crippen molar-refractivity contribution in [1.29, 1.82) is 0 Å². The van der Waals surface area contributed by atoms with Crippen LogP contribution in [-0.4, -0.2) is 47.4 Å². The number of ether oxygens (including phenoxy) is 2. The van der Waals surface area contributed by atoms with Crippen LogP contribution < -0.4 is 0 Å². The predicted molar refractivity (Wildman–Crippen MR) is 77.0 cm³/mol. The first kappa shape index (κ1) is 15.0. The number of aliphatic hydroxyl groups is 1. The summed E-state index contributed by atoms with van der Waals surface area (Å²) in [6, 6.07) is 9.02. The summed E-state index contributed by atoms with van der Waals surface area (Å²) >= 11 is 0. The molecule has 1 amide bonds. The summed E-state index contributed by atoms with van der Waals surface area (Å²) in [6.45, 7) is -0.102. The molecular weight excluding hydrogens is 286 g/mol. The molecule has 22 heavy (non-hydrogen) atoms. The highest BCUT2D eigenvalue weighted by atomic mass is 16.6. The summed E-state index contributed by atoms with van der Waals surface area (Å²) in [5.74, 6) is -0.494. The maximum atomic E-state index is 12.4. The van der Waals surface area contributed by atoms with Gasteiger partial charge in [0.1, 0.15) is 13.2 Å². The Morgan fingerprint density at radius 1 is 1.32 bits per heavy atom. The minimum absolute atomic E-state index is 0.173. The minimum Gasteiger partial charge on any atom is -0.447 e. The van der Waals surface area contributed by atoms with Crippen LogP contribution in [0.2, 0.25) is 0 Å². The Hall–Kier alpha value is -1.92. The average Bonchev–Trinajstić information content (AvgIpc) is 2.97. The first-order valence-corrected chi connectivity index (χ1v) is 7.48. The van der Waals surface area contributed by atoms with Gasteiger partial charge in [-0.25, -0.2) is 4.79 Å². The molecule has 2 fully saturated rings. The normalized spacial score (nSPS) is 28.5. The highest BCUT2D eigenvalue weighted by Gasteiger charge is 2.54. The number of carbonyl (C=O) groups excluding carboxylic acids is 2. The van der Waals surface area contributed by atoms with Crippen molar-refractivity contribution in [3.63, 3.8) is 0 Å². The number of cyclic esters (lactones) is 1. The monoisotopic (exact) mass is 305 g/mol. The standard InChI is InChI=1S/C16H19NO5/c18-10-14(19)16(8-4-5-9-22-16)17-13(11-21-15(17)20)12-6-2-1-3-7-12/h1-3,6-7,13,18H,4-5,8-11H2/t13-,16+/m0/s1. The molecule has 1 aromatic rings. The Balaban J connectivity index is 2.00. The fraction of sp³-hybridized carbons (Fsp3) is 0.500. The van der Waals surface area contributed by atoms with Crippen molar-refractivity contribution >= 4 is 11.9 Å². The maximum Gasteiger partial charge on any atom is 0.413 e. The van der Waals surface area contributed by atoms with E-state index < -0.39 is 24.2 Å². The van der Waals surface area contributed by atoms with Gasteiger partial charge in [0.25, 0.3) is 0 Å². The average molecular weight is 305 g/mol. The van der Waals surface area contributed by atoms with Gasteiger partial charge >= 0.3 is 6.09 Å². The number of Topliss-reactive ketones (excluding diaryl/α,β-unsaturated/α-hetero) is 1. The van der Waals surface area contributed by atoms with Gasteiger partial charge in [-0.15, -0.1) is 0 Å². The second kappa shape index (κ2) is 6.06. The van der Waals surface area contributed by atoms with Crippen LogP contribution in [0.1, 0.15) is 30.9 Å². The van der Waals surface area contributed by atoms with Crippen LogP contribution in [0.4, 0.5) is 4.79 Å². The van der Waals surface area contributed by atoms with E-state index in [2.05, 4.69) is 0 Å². The smallest absolute Gasteiger partial charge is 0.413 e. The van der Waals surface area contributed by atoms with E-state index in [1.807, 2.05) is 30.3 Å². The van der Waals surface area contributed by atoms with Crippen molar-refractivity contribution < 1.29 is 24.2 Å². The number of hydrogen-bond acceptors (Lipinski definition) is 5. The lowest BCUT2D eigenvalue weighted by molar-refractivity contribution is -0.186. The van der Waals surface area contributed by atoms with Crippen molar-refractivity contribution in [2.75, 3.05) is 19.8 Å². The molecule has 2 heterocycles. The van der Waals surface area contributed by atoms with Crippen LogP contribution in [0.25, 0.3) is 0 Å². The number of rotatable bonds is 4. The number of aliphatic hydroxyl groups excluding tert-OH is 1. The molecule has 2 saturated heterocycles. The zero-order chi connectivity index (χ0) is 15.6. The van der Waals surface area contributed by atoms with Crippen molar-refractivity contribution in [3.05, 3.63) is 35.9 Å². The van der Waals surface area contributed by atoms with Crippen molar-refractivity contribution in [1.82, 2.24) is 4.90 Å². The highest BCUT2D eigenvalue weighted by molar-refractivity contribution is 5.91. The third-order valence-electron chi connectivity index (χ3n) is 4.28. The Morgan fingerprint density at radius 2 is 2.09 bits per heavy atom. The SMILES string of the molecule is O=C1OC[C@@H](c2ccccc2)N1[C@]1(C(=O)CO)CCCCO1. The van der Waals surface area contributed by atoms with Crippen LogP contribution in [0, 0.1) is 0 Å². The summed E-state index contributed by atoms with van der Waals surface area (Å²) in [4.78, 5) is 26.0. The molecule has 0 aromatic heterocycles. The van der Waals surface area contributed by atoms with E-state index >= 15 is 0 Å². The first-order chi connectivity index (χ1) is 10.7. The lowest BCUT2D eigenvalue weighted by atomic mass is 9.93. The molecule has 118 valence electrons. The second-order valence-electron chi connectivity index (χ2n) is 5.54. The van der Waals surface area contributed by atoms with E-state index in [9.17, 15) is 14.7 Å². The van der Waals surface area contributed by atoms with Gasteiger partial charge in [-0.1, -0.05) is 30.3 Å². The molecule has 2 aliphatic rings. The van der Waals surface area contributed by atoms with Crippen LogP contribution >= 0.6 is 0 Å². The Bertz CT molecular complexity index is 553. The van der Waals surface area contributed by atoms with Crippen LogP contribution in [0.3, 0.4) is 0 Å². The molecule has 0 aliphatic carbocycles. The van der Waals surface area contributed by atoms with Gasteiger partial charge < -0.3 is 14.6 Å². The maximum absolute atomic E-state index is 12.4. The van der Waals surface area contributed by atoms with Gasteiger partial charge in [0.2, 0.25) is 11.5 Å². The molecule has 0 bridgehead atoms. The largest absolute Gasteiger partial charge is 0.447 e. The number of carbonyl (C=O) groups is 2. The number of ketones is 1. The summed E-state index contributed by atoms with van der Waals surface area (Å²) in [5, 5.41) is 9.35.